The number of amides is 1. The maximum Gasteiger partial charge on any atom is 0.258 e. The molecule has 1 aliphatic carbocycles. The third-order valence-corrected chi connectivity index (χ3v) is 4.93. The van der Waals surface area contributed by atoms with Crippen LogP contribution in [0, 0.1) is 11.6 Å². The molecule has 1 unspecified atom stereocenters. The molecule has 0 fully saturated rings. The van der Waals surface area contributed by atoms with Crippen molar-refractivity contribution in [1.82, 2.24) is 4.90 Å². The molecule has 3 aromatic rings. The first-order chi connectivity index (χ1) is 15.5. The molecule has 0 saturated carbocycles. The summed E-state index contributed by atoms with van der Waals surface area (Å²) in [5.41, 5.74) is 5.28. The average Bonchev–Trinajstić information content (AvgIpc) is 3.24. The Kier molecular flexibility index (Phi) is 9.50. The standard InChI is InChI=1S/C18H15F2NO3.C6H6.CH5N/c19-11-9-14-12(15(20)10-11)5-6-16(14)21(7-8-22)18(24)13-3-1-2-4-17(13)23;1-2-4-6-5-3-1;1-2/h1-4,8-10,16,23H,5-7H2;1-6H;2H2,1H3. The number of para-hydroxylation sites is 1. The first-order valence-electron chi connectivity index (χ1n) is 10.1. The highest BCUT2D eigenvalue weighted by atomic mass is 19.1. The number of nitrogens with zero attached hydrogens (tertiary/aromatic N) is 1. The van der Waals surface area contributed by atoms with Crippen molar-refractivity contribution in [3.8, 4) is 5.75 Å². The van der Waals surface area contributed by atoms with Crippen molar-refractivity contribution >= 4 is 12.2 Å². The zero-order chi connectivity index (χ0) is 23.5. The van der Waals surface area contributed by atoms with Crippen LogP contribution in [-0.4, -0.2) is 35.8 Å². The number of carbonyl (C=O) groups is 2. The minimum atomic E-state index is -0.723. The van der Waals surface area contributed by atoms with Crippen LogP contribution in [0.4, 0.5) is 8.78 Å². The summed E-state index contributed by atoms with van der Waals surface area (Å²) in [4.78, 5) is 25.0. The molecular formula is C25H26F2N2O3. The molecule has 0 spiro atoms. The summed E-state index contributed by atoms with van der Waals surface area (Å²) < 4.78 is 27.5. The van der Waals surface area contributed by atoms with Crippen LogP contribution < -0.4 is 5.73 Å². The SMILES string of the molecule is CN.O=CCN(C(=O)c1ccccc1O)C1CCc2c(F)cc(F)cc21.c1ccccc1. The fourth-order valence-corrected chi connectivity index (χ4v) is 3.57. The molecule has 4 rings (SSSR count). The van der Waals surface area contributed by atoms with Crippen molar-refractivity contribution in [1.29, 1.82) is 0 Å². The first kappa shape index (κ1) is 24.7. The van der Waals surface area contributed by atoms with Crippen LogP contribution in [0.15, 0.2) is 72.8 Å². The van der Waals surface area contributed by atoms with Gasteiger partial charge >= 0.3 is 0 Å². The summed E-state index contributed by atoms with van der Waals surface area (Å²) in [5.74, 6) is -2.13. The van der Waals surface area contributed by atoms with E-state index in [0.29, 0.717) is 30.3 Å². The fourth-order valence-electron chi connectivity index (χ4n) is 3.57. The number of nitrogens with two attached hydrogens (primary N) is 1. The topological polar surface area (TPSA) is 83.6 Å². The van der Waals surface area contributed by atoms with Gasteiger partial charge in [0.25, 0.3) is 5.91 Å². The van der Waals surface area contributed by atoms with Gasteiger partial charge < -0.3 is 20.5 Å². The lowest BCUT2D eigenvalue weighted by atomic mass is 10.0. The van der Waals surface area contributed by atoms with Gasteiger partial charge in [0.05, 0.1) is 18.2 Å². The van der Waals surface area contributed by atoms with Gasteiger partial charge in [-0.05, 0) is 49.2 Å². The molecule has 168 valence electrons. The number of hydrogen-bond donors (Lipinski definition) is 2. The Balaban J connectivity index is 0.000000387. The van der Waals surface area contributed by atoms with Gasteiger partial charge in [0.15, 0.2) is 0 Å². The number of halogens is 2. The molecule has 0 heterocycles. The fraction of sp³-hybridized carbons (Fsp3) is 0.200. The van der Waals surface area contributed by atoms with E-state index in [4.69, 9.17) is 0 Å². The number of hydrogen-bond acceptors (Lipinski definition) is 4. The van der Waals surface area contributed by atoms with Gasteiger partial charge in [-0.25, -0.2) is 8.78 Å². The molecule has 1 amide bonds. The molecule has 0 aliphatic heterocycles. The number of phenols is 1. The van der Waals surface area contributed by atoms with Crippen LogP contribution in [0.5, 0.6) is 5.75 Å². The van der Waals surface area contributed by atoms with Crippen molar-refractivity contribution in [3.63, 3.8) is 0 Å². The van der Waals surface area contributed by atoms with Crippen molar-refractivity contribution < 1.29 is 23.5 Å². The monoisotopic (exact) mass is 440 g/mol. The molecule has 1 aliphatic rings. The van der Waals surface area contributed by atoms with Gasteiger partial charge in [-0.3, -0.25) is 4.79 Å². The Hall–Kier alpha value is -3.58. The first-order valence-corrected chi connectivity index (χ1v) is 10.1. The van der Waals surface area contributed by atoms with Crippen molar-refractivity contribution in [3.05, 3.63) is 101 Å². The molecule has 0 bridgehead atoms. The van der Waals surface area contributed by atoms with Crippen molar-refractivity contribution in [2.75, 3.05) is 13.6 Å². The number of benzene rings is 3. The van der Waals surface area contributed by atoms with Crippen LogP contribution in [-0.2, 0) is 11.2 Å². The highest BCUT2D eigenvalue weighted by Gasteiger charge is 2.34. The maximum absolute atomic E-state index is 13.9. The van der Waals surface area contributed by atoms with Gasteiger partial charge in [-0.1, -0.05) is 48.5 Å². The number of aromatic hydroxyl groups is 1. The van der Waals surface area contributed by atoms with Crippen LogP contribution in [0.3, 0.4) is 0 Å². The maximum atomic E-state index is 13.9. The minimum absolute atomic E-state index is 0.0460. The van der Waals surface area contributed by atoms with Crippen molar-refractivity contribution in [2.45, 2.75) is 18.9 Å². The minimum Gasteiger partial charge on any atom is -0.507 e. The molecule has 32 heavy (non-hydrogen) atoms. The zero-order valence-electron chi connectivity index (χ0n) is 17.7. The summed E-state index contributed by atoms with van der Waals surface area (Å²) in [6.45, 7) is -0.227. The normalized spacial score (nSPS) is 13.6. The van der Waals surface area contributed by atoms with Gasteiger partial charge in [-0.15, -0.1) is 0 Å². The number of rotatable bonds is 4. The van der Waals surface area contributed by atoms with E-state index in [1.807, 2.05) is 36.4 Å². The summed E-state index contributed by atoms with van der Waals surface area (Å²) >= 11 is 0. The Morgan fingerprint density at radius 2 is 1.66 bits per heavy atom. The second kappa shape index (κ2) is 12.3. The van der Waals surface area contributed by atoms with E-state index in [9.17, 15) is 23.5 Å². The molecular weight excluding hydrogens is 414 g/mol. The number of phenolic OH excluding ortho intramolecular Hbond substituents is 1. The van der Waals surface area contributed by atoms with Crippen LogP contribution in [0.2, 0.25) is 0 Å². The van der Waals surface area contributed by atoms with E-state index in [1.54, 1.807) is 12.1 Å². The molecule has 3 N–H and O–H groups in total. The van der Waals surface area contributed by atoms with Crippen LogP contribution >= 0.6 is 0 Å². The van der Waals surface area contributed by atoms with E-state index in [0.717, 1.165) is 6.07 Å². The quantitative estimate of drug-likeness (QED) is 0.594. The predicted octanol–water partition coefficient (Wildman–Crippen LogP) is 4.26. The lowest BCUT2D eigenvalue weighted by Gasteiger charge is -2.28. The molecule has 7 heteroatoms. The van der Waals surface area contributed by atoms with E-state index in [1.165, 1.54) is 30.1 Å². The largest absolute Gasteiger partial charge is 0.507 e. The Morgan fingerprint density at radius 3 is 2.22 bits per heavy atom. The van der Waals surface area contributed by atoms with Crippen molar-refractivity contribution in [2.24, 2.45) is 5.73 Å². The lowest BCUT2D eigenvalue weighted by Crippen LogP contribution is -2.35. The number of carbonyl (C=O) groups excluding carboxylic acids is 2. The second-order valence-corrected chi connectivity index (χ2v) is 6.81. The van der Waals surface area contributed by atoms with Gasteiger partial charge in [0.2, 0.25) is 0 Å². The van der Waals surface area contributed by atoms with Crippen LogP contribution in [0.1, 0.15) is 33.9 Å². The van der Waals surface area contributed by atoms with E-state index in [-0.39, 0.29) is 17.9 Å². The molecule has 0 radical (unpaired) electrons. The molecule has 3 aromatic carbocycles. The molecule has 0 aromatic heterocycles. The highest BCUT2D eigenvalue weighted by Crippen LogP contribution is 2.38. The number of fused-ring (bicyclic) bond motifs is 1. The molecule has 5 nitrogen and oxygen atoms in total. The number of aldehydes is 1. The lowest BCUT2D eigenvalue weighted by molar-refractivity contribution is -0.108. The summed E-state index contributed by atoms with van der Waals surface area (Å²) in [6.07, 6.45) is 1.31. The highest BCUT2D eigenvalue weighted by molar-refractivity contribution is 5.98. The van der Waals surface area contributed by atoms with Gasteiger partial charge in [-0.2, -0.15) is 0 Å². The molecule has 0 saturated heterocycles. The summed E-state index contributed by atoms with van der Waals surface area (Å²) in [5, 5.41) is 9.87. The molecule has 1 atom stereocenters. The third-order valence-electron chi connectivity index (χ3n) is 4.93. The average molecular weight is 440 g/mol. The van der Waals surface area contributed by atoms with Gasteiger partial charge in [0.1, 0.15) is 23.7 Å². The van der Waals surface area contributed by atoms with E-state index >= 15 is 0 Å². The Bertz CT molecular complexity index is 1000. The summed E-state index contributed by atoms with van der Waals surface area (Å²) in [7, 11) is 1.50. The van der Waals surface area contributed by atoms with Crippen LogP contribution in [0.25, 0.3) is 0 Å². The second-order valence-electron chi connectivity index (χ2n) is 6.81. The Morgan fingerprint density at radius 1 is 1.06 bits per heavy atom. The third kappa shape index (κ3) is 5.98. The van der Waals surface area contributed by atoms with E-state index < -0.39 is 23.6 Å². The van der Waals surface area contributed by atoms with E-state index in [2.05, 4.69) is 5.73 Å². The van der Waals surface area contributed by atoms with Gasteiger partial charge in [0, 0.05) is 6.07 Å². The Labute approximate surface area is 186 Å². The predicted molar refractivity (Wildman–Crippen MR) is 119 cm³/mol. The summed E-state index contributed by atoms with van der Waals surface area (Å²) in [6, 6.07) is 19.4. The smallest absolute Gasteiger partial charge is 0.258 e. The zero-order valence-corrected chi connectivity index (χ0v) is 17.7.